The predicted molar refractivity (Wildman–Crippen MR) is 77.3 cm³/mol. The summed E-state index contributed by atoms with van der Waals surface area (Å²) in [6.45, 7) is 2.61. The number of aliphatic hydroxyl groups is 2. The molecule has 9 nitrogen and oxygen atoms in total. The Morgan fingerprint density at radius 2 is 2.00 bits per heavy atom. The molecule has 0 amide bonds. The molecule has 0 aliphatic heterocycles. The van der Waals surface area contributed by atoms with E-state index < -0.39 is 6.10 Å². The Bertz CT molecular complexity index is 547. The highest BCUT2D eigenvalue weighted by Gasteiger charge is 2.09. The fourth-order valence-electron chi connectivity index (χ4n) is 1.53. The van der Waals surface area contributed by atoms with Gasteiger partial charge in [-0.15, -0.1) is 0 Å². The molecule has 21 heavy (non-hydrogen) atoms. The number of nitrogens with one attached hydrogen (secondary N) is 2. The van der Waals surface area contributed by atoms with Gasteiger partial charge in [0.15, 0.2) is 0 Å². The van der Waals surface area contributed by atoms with E-state index in [1.165, 1.54) is 0 Å². The minimum atomic E-state index is -0.870. The largest absolute Gasteiger partial charge is 0.394 e. The summed E-state index contributed by atoms with van der Waals surface area (Å²) in [4.78, 5) is 16.7. The van der Waals surface area contributed by atoms with Crippen LogP contribution in [0.25, 0.3) is 5.95 Å². The normalized spacial score (nSPS) is 12.1. The fourth-order valence-corrected chi connectivity index (χ4v) is 1.53. The van der Waals surface area contributed by atoms with Crippen LogP contribution in [0.4, 0.5) is 11.9 Å². The van der Waals surface area contributed by atoms with Gasteiger partial charge in [-0.2, -0.15) is 15.0 Å². The maximum absolute atomic E-state index is 9.37. The highest BCUT2D eigenvalue weighted by atomic mass is 16.3. The van der Waals surface area contributed by atoms with Crippen LogP contribution in [0.5, 0.6) is 0 Å². The summed E-state index contributed by atoms with van der Waals surface area (Å²) in [5.41, 5.74) is 0. The van der Waals surface area contributed by atoms with Crippen LogP contribution in [0.1, 0.15) is 13.3 Å². The Morgan fingerprint density at radius 3 is 2.62 bits per heavy atom. The number of hydrogen-bond acceptors (Lipinski definition) is 8. The van der Waals surface area contributed by atoms with Crippen LogP contribution < -0.4 is 10.6 Å². The molecule has 2 heterocycles. The topological polar surface area (TPSA) is 121 Å². The van der Waals surface area contributed by atoms with Crippen molar-refractivity contribution < 1.29 is 10.2 Å². The molecule has 0 radical (unpaired) electrons. The quantitative estimate of drug-likeness (QED) is 0.521. The molecule has 0 aliphatic rings. The van der Waals surface area contributed by atoms with Gasteiger partial charge in [0.25, 0.3) is 0 Å². The molecule has 0 saturated heterocycles. The first-order valence-corrected chi connectivity index (χ1v) is 6.74. The Labute approximate surface area is 122 Å². The zero-order chi connectivity index (χ0) is 15.1. The molecule has 0 aliphatic carbocycles. The molecule has 1 unspecified atom stereocenters. The van der Waals surface area contributed by atoms with Gasteiger partial charge in [-0.05, 0) is 6.42 Å². The molecular weight excluding hydrogens is 274 g/mol. The molecule has 4 N–H and O–H groups in total. The van der Waals surface area contributed by atoms with Crippen LogP contribution in [0.15, 0.2) is 18.7 Å². The SMILES string of the molecule is CCCNc1nc(NCC(O)CO)nc(-n2ccnc2)n1. The Morgan fingerprint density at radius 1 is 1.24 bits per heavy atom. The molecule has 2 rings (SSSR count). The van der Waals surface area contributed by atoms with Gasteiger partial charge in [0.2, 0.25) is 17.8 Å². The first-order valence-electron chi connectivity index (χ1n) is 6.74. The smallest absolute Gasteiger partial charge is 0.241 e. The number of hydrogen-bond donors (Lipinski definition) is 4. The molecule has 0 saturated carbocycles. The summed E-state index contributed by atoms with van der Waals surface area (Å²) in [5.74, 6) is 1.18. The second kappa shape index (κ2) is 7.50. The maximum Gasteiger partial charge on any atom is 0.241 e. The van der Waals surface area contributed by atoms with Crippen molar-refractivity contribution in [2.24, 2.45) is 0 Å². The van der Waals surface area contributed by atoms with Crippen LogP contribution in [0, 0.1) is 0 Å². The monoisotopic (exact) mass is 293 g/mol. The minimum absolute atomic E-state index is 0.150. The molecular formula is C12H19N7O2. The zero-order valence-electron chi connectivity index (χ0n) is 11.8. The summed E-state index contributed by atoms with van der Waals surface area (Å²) in [6, 6.07) is 0. The van der Waals surface area contributed by atoms with Crippen LogP contribution in [0.3, 0.4) is 0 Å². The van der Waals surface area contributed by atoms with Crippen molar-refractivity contribution in [1.82, 2.24) is 24.5 Å². The van der Waals surface area contributed by atoms with Gasteiger partial charge in [-0.25, -0.2) is 4.98 Å². The van der Waals surface area contributed by atoms with Crippen molar-refractivity contribution in [3.05, 3.63) is 18.7 Å². The summed E-state index contributed by atoms with van der Waals surface area (Å²) in [7, 11) is 0. The molecule has 0 fully saturated rings. The van der Waals surface area contributed by atoms with Crippen molar-refractivity contribution in [1.29, 1.82) is 0 Å². The van der Waals surface area contributed by atoms with E-state index in [1.807, 2.05) is 6.92 Å². The number of anilines is 2. The molecule has 2 aromatic rings. The van der Waals surface area contributed by atoms with Crippen molar-refractivity contribution in [2.75, 3.05) is 30.3 Å². The van der Waals surface area contributed by atoms with Crippen molar-refractivity contribution in [3.63, 3.8) is 0 Å². The van der Waals surface area contributed by atoms with E-state index in [4.69, 9.17) is 5.11 Å². The van der Waals surface area contributed by atoms with Crippen LogP contribution in [-0.2, 0) is 0 Å². The van der Waals surface area contributed by atoms with Gasteiger partial charge < -0.3 is 20.8 Å². The van der Waals surface area contributed by atoms with E-state index >= 15 is 0 Å². The first-order chi connectivity index (χ1) is 10.2. The third kappa shape index (κ3) is 4.36. The Hall–Kier alpha value is -2.26. The number of rotatable bonds is 8. The lowest BCUT2D eigenvalue weighted by molar-refractivity contribution is 0.105. The van der Waals surface area contributed by atoms with Gasteiger partial charge >= 0.3 is 0 Å². The second-order valence-electron chi connectivity index (χ2n) is 4.40. The molecule has 0 bridgehead atoms. The summed E-state index contributed by atoms with van der Waals surface area (Å²) >= 11 is 0. The van der Waals surface area contributed by atoms with E-state index in [0.29, 0.717) is 17.8 Å². The van der Waals surface area contributed by atoms with Gasteiger partial charge in [0.1, 0.15) is 6.33 Å². The van der Waals surface area contributed by atoms with Crippen LogP contribution in [0.2, 0.25) is 0 Å². The van der Waals surface area contributed by atoms with Gasteiger partial charge in [0, 0.05) is 25.5 Å². The lowest BCUT2D eigenvalue weighted by Crippen LogP contribution is -2.24. The number of aliphatic hydroxyl groups excluding tert-OH is 2. The fraction of sp³-hybridized carbons (Fsp3) is 0.500. The Kier molecular flexibility index (Phi) is 5.41. The minimum Gasteiger partial charge on any atom is -0.394 e. The summed E-state index contributed by atoms with van der Waals surface area (Å²) in [5, 5.41) is 24.1. The third-order valence-corrected chi connectivity index (χ3v) is 2.60. The van der Waals surface area contributed by atoms with Gasteiger partial charge in [-0.3, -0.25) is 4.57 Å². The second-order valence-corrected chi connectivity index (χ2v) is 4.40. The molecule has 114 valence electrons. The average molecular weight is 293 g/mol. The highest BCUT2D eigenvalue weighted by molar-refractivity contribution is 5.38. The Balaban J connectivity index is 2.20. The molecule has 2 aromatic heterocycles. The zero-order valence-corrected chi connectivity index (χ0v) is 11.8. The summed E-state index contributed by atoms with van der Waals surface area (Å²) < 4.78 is 1.66. The van der Waals surface area contributed by atoms with Crippen LogP contribution in [-0.4, -0.2) is 60.5 Å². The molecule has 0 aromatic carbocycles. The number of imidazole rings is 1. The molecule has 0 spiro atoms. The van der Waals surface area contributed by atoms with Crippen LogP contribution >= 0.6 is 0 Å². The lowest BCUT2D eigenvalue weighted by Gasteiger charge is -2.11. The summed E-state index contributed by atoms with van der Waals surface area (Å²) in [6.07, 6.45) is 5.02. The van der Waals surface area contributed by atoms with Crippen molar-refractivity contribution in [2.45, 2.75) is 19.4 Å². The number of nitrogens with zero attached hydrogens (tertiary/aromatic N) is 5. The van der Waals surface area contributed by atoms with E-state index in [-0.39, 0.29) is 13.2 Å². The van der Waals surface area contributed by atoms with Gasteiger partial charge in [-0.1, -0.05) is 6.92 Å². The van der Waals surface area contributed by atoms with E-state index in [0.717, 1.165) is 13.0 Å². The van der Waals surface area contributed by atoms with E-state index in [2.05, 4.69) is 30.6 Å². The van der Waals surface area contributed by atoms with Gasteiger partial charge in [0.05, 0.1) is 12.7 Å². The van der Waals surface area contributed by atoms with Crippen molar-refractivity contribution >= 4 is 11.9 Å². The van der Waals surface area contributed by atoms with Crippen molar-refractivity contribution in [3.8, 4) is 5.95 Å². The lowest BCUT2D eigenvalue weighted by atomic mass is 10.4. The maximum atomic E-state index is 9.37. The molecule has 9 heteroatoms. The first kappa shape index (κ1) is 15.1. The van der Waals surface area contributed by atoms with E-state index in [1.54, 1.807) is 23.3 Å². The van der Waals surface area contributed by atoms with E-state index in [9.17, 15) is 5.11 Å². The average Bonchev–Trinajstić information content (AvgIpc) is 3.04. The highest BCUT2D eigenvalue weighted by Crippen LogP contribution is 2.09. The standard InChI is InChI=1S/C12H19N7O2/c1-2-3-14-10-16-11(15-6-9(21)7-20)18-12(17-10)19-5-4-13-8-19/h4-5,8-9,20-21H,2-3,6-7H2,1H3,(H2,14,15,16,17,18). The predicted octanol–water partition coefficient (Wildman–Crippen LogP) is -0.356. The molecule has 1 atom stereocenters. The third-order valence-electron chi connectivity index (χ3n) is 2.60. The number of aromatic nitrogens is 5.